The van der Waals surface area contributed by atoms with Gasteiger partial charge in [0.2, 0.25) is 0 Å². The van der Waals surface area contributed by atoms with Gasteiger partial charge in [-0.15, -0.1) is 0 Å². The summed E-state index contributed by atoms with van der Waals surface area (Å²) in [5, 5.41) is 0. The molecule has 0 aliphatic carbocycles. The van der Waals surface area contributed by atoms with Crippen molar-refractivity contribution >= 4 is 5.97 Å². The number of rotatable bonds is 4. The first kappa shape index (κ1) is 11.5. The van der Waals surface area contributed by atoms with Crippen molar-refractivity contribution in [2.75, 3.05) is 19.6 Å². The largest absolute Gasteiger partial charge is 0.461 e. The number of hydrogen-bond donors (Lipinski definition) is 0. The summed E-state index contributed by atoms with van der Waals surface area (Å²) in [5.74, 6) is -0.158. The van der Waals surface area contributed by atoms with Crippen molar-refractivity contribution in [2.24, 2.45) is 0 Å². The smallest absolute Gasteiger partial charge is 0.302 e. The zero-order valence-electron chi connectivity index (χ0n) is 9.29. The number of likely N-dealkylation sites (tertiary alicyclic amines) is 1. The SMILES string of the molecule is CCC(CN1CCCCC1)OC(C)=O. The van der Waals surface area contributed by atoms with Gasteiger partial charge in [0.25, 0.3) is 0 Å². The Labute approximate surface area is 86.4 Å². The van der Waals surface area contributed by atoms with E-state index in [1.165, 1.54) is 26.2 Å². The van der Waals surface area contributed by atoms with Crippen LogP contribution in [0, 0.1) is 0 Å². The maximum Gasteiger partial charge on any atom is 0.302 e. The van der Waals surface area contributed by atoms with E-state index in [1.54, 1.807) is 0 Å². The highest BCUT2D eigenvalue weighted by atomic mass is 16.5. The molecule has 3 heteroatoms. The van der Waals surface area contributed by atoms with Crippen molar-refractivity contribution in [3.05, 3.63) is 0 Å². The van der Waals surface area contributed by atoms with Crippen molar-refractivity contribution in [3.8, 4) is 0 Å². The second kappa shape index (κ2) is 6.02. The number of carbonyl (C=O) groups excluding carboxylic acids is 1. The zero-order valence-corrected chi connectivity index (χ0v) is 9.29. The first-order chi connectivity index (χ1) is 6.72. The van der Waals surface area contributed by atoms with E-state index < -0.39 is 0 Å². The lowest BCUT2D eigenvalue weighted by molar-refractivity contribution is -0.147. The lowest BCUT2D eigenvalue weighted by Gasteiger charge is -2.29. The van der Waals surface area contributed by atoms with Gasteiger partial charge in [0.15, 0.2) is 0 Å². The molecule has 0 aromatic heterocycles. The monoisotopic (exact) mass is 199 g/mol. The molecule has 82 valence electrons. The average molecular weight is 199 g/mol. The highest BCUT2D eigenvalue weighted by Gasteiger charge is 2.16. The lowest BCUT2D eigenvalue weighted by atomic mass is 10.1. The van der Waals surface area contributed by atoms with E-state index in [-0.39, 0.29) is 12.1 Å². The summed E-state index contributed by atoms with van der Waals surface area (Å²) >= 11 is 0. The predicted octanol–water partition coefficient (Wildman–Crippen LogP) is 1.81. The molecule has 1 rings (SSSR count). The third-order valence-corrected chi connectivity index (χ3v) is 2.70. The summed E-state index contributed by atoms with van der Waals surface area (Å²) in [5.41, 5.74) is 0. The Bertz CT molecular complexity index is 176. The van der Waals surface area contributed by atoms with Crippen LogP contribution in [0.1, 0.15) is 39.5 Å². The number of esters is 1. The van der Waals surface area contributed by atoms with E-state index in [2.05, 4.69) is 11.8 Å². The van der Waals surface area contributed by atoms with Gasteiger partial charge in [-0.05, 0) is 32.4 Å². The molecular weight excluding hydrogens is 178 g/mol. The van der Waals surface area contributed by atoms with Crippen LogP contribution >= 0.6 is 0 Å². The van der Waals surface area contributed by atoms with Gasteiger partial charge in [0.05, 0.1) is 0 Å². The number of hydrogen-bond acceptors (Lipinski definition) is 3. The quantitative estimate of drug-likeness (QED) is 0.647. The summed E-state index contributed by atoms with van der Waals surface area (Å²) in [4.78, 5) is 13.2. The van der Waals surface area contributed by atoms with Crippen LogP contribution in [-0.4, -0.2) is 36.6 Å². The van der Waals surface area contributed by atoms with E-state index in [1.807, 2.05) is 0 Å². The van der Waals surface area contributed by atoms with Crippen LogP contribution in [0.2, 0.25) is 0 Å². The normalized spacial score (nSPS) is 20.4. The van der Waals surface area contributed by atoms with Crippen molar-refractivity contribution in [1.82, 2.24) is 4.90 Å². The molecule has 0 radical (unpaired) electrons. The average Bonchev–Trinajstić information content (AvgIpc) is 2.17. The molecule has 1 aliphatic heterocycles. The Morgan fingerprint density at radius 1 is 1.36 bits per heavy atom. The van der Waals surface area contributed by atoms with Gasteiger partial charge in [-0.25, -0.2) is 0 Å². The highest BCUT2D eigenvalue weighted by Crippen LogP contribution is 2.11. The van der Waals surface area contributed by atoms with Crippen molar-refractivity contribution < 1.29 is 9.53 Å². The molecule has 0 bridgehead atoms. The summed E-state index contributed by atoms with van der Waals surface area (Å²) in [6, 6.07) is 0. The Balaban J connectivity index is 2.27. The lowest BCUT2D eigenvalue weighted by Crippen LogP contribution is -2.37. The predicted molar refractivity (Wildman–Crippen MR) is 56.1 cm³/mol. The van der Waals surface area contributed by atoms with Gasteiger partial charge in [0, 0.05) is 13.5 Å². The van der Waals surface area contributed by atoms with E-state index in [0.29, 0.717) is 0 Å². The van der Waals surface area contributed by atoms with Crippen molar-refractivity contribution in [1.29, 1.82) is 0 Å². The molecule has 0 amide bonds. The van der Waals surface area contributed by atoms with Gasteiger partial charge in [-0.1, -0.05) is 13.3 Å². The second-order valence-electron chi connectivity index (χ2n) is 4.00. The zero-order chi connectivity index (χ0) is 10.4. The van der Waals surface area contributed by atoms with Crippen LogP contribution in [0.4, 0.5) is 0 Å². The van der Waals surface area contributed by atoms with Crippen LogP contribution in [0.25, 0.3) is 0 Å². The minimum absolute atomic E-state index is 0.0885. The Morgan fingerprint density at radius 2 is 2.00 bits per heavy atom. The summed E-state index contributed by atoms with van der Waals surface area (Å²) in [6.07, 6.45) is 4.93. The van der Waals surface area contributed by atoms with Crippen LogP contribution in [0.15, 0.2) is 0 Å². The maximum atomic E-state index is 10.8. The molecule has 3 nitrogen and oxygen atoms in total. The molecule has 1 unspecified atom stereocenters. The Kier molecular flexibility index (Phi) is 4.94. The second-order valence-corrected chi connectivity index (χ2v) is 4.00. The summed E-state index contributed by atoms with van der Waals surface area (Å²) in [6.45, 7) is 6.79. The highest BCUT2D eigenvalue weighted by molar-refractivity contribution is 5.66. The van der Waals surface area contributed by atoms with Crippen molar-refractivity contribution in [2.45, 2.75) is 45.6 Å². The third-order valence-electron chi connectivity index (χ3n) is 2.70. The fraction of sp³-hybridized carbons (Fsp3) is 0.909. The van der Waals surface area contributed by atoms with Crippen LogP contribution < -0.4 is 0 Å². The maximum absolute atomic E-state index is 10.8. The molecule has 0 aromatic carbocycles. The third kappa shape index (κ3) is 4.09. The minimum Gasteiger partial charge on any atom is -0.461 e. The van der Waals surface area contributed by atoms with E-state index in [4.69, 9.17) is 4.74 Å². The van der Waals surface area contributed by atoms with Crippen molar-refractivity contribution in [3.63, 3.8) is 0 Å². The molecule has 1 heterocycles. The van der Waals surface area contributed by atoms with Gasteiger partial charge < -0.3 is 4.74 Å². The number of carbonyl (C=O) groups is 1. The molecule has 0 aromatic rings. The van der Waals surface area contributed by atoms with E-state index >= 15 is 0 Å². The standard InChI is InChI=1S/C11H21NO2/c1-3-11(14-10(2)13)9-12-7-5-4-6-8-12/h11H,3-9H2,1-2H3. The molecule has 0 saturated carbocycles. The molecular formula is C11H21NO2. The number of nitrogens with zero attached hydrogens (tertiary/aromatic N) is 1. The van der Waals surface area contributed by atoms with Gasteiger partial charge in [-0.3, -0.25) is 9.69 Å². The Morgan fingerprint density at radius 3 is 2.50 bits per heavy atom. The first-order valence-electron chi connectivity index (χ1n) is 5.62. The van der Waals surface area contributed by atoms with Crippen LogP contribution in [0.5, 0.6) is 0 Å². The molecule has 0 spiro atoms. The fourth-order valence-corrected chi connectivity index (χ4v) is 1.91. The number of ether oxygens (including phenoxy) is 1. The molecule has 1 atom stereocenters. The molecule has 0 N–H and O–H groups in total. The van der Waals surface area contributed by atoms with E-state index in [0.717, 1.165) is 26.1 Å². The van der Waals surface area contributed by atoms with Gasteiger partial charge in [0.1, 0.15) is 6.10 Å². The minimum atomic E-state index is -0.158. The van der Waals surface area contributed by atoms with Gasteiger partial charge >= 0.3 is 5.97 Å². The summed E-state index contributed by atoms with van der Waals surface area (Å²) in [7, 11) is 0. The van der Waals surface area contributed by atoms with Gasteiger partial charge in [-0.2, -0.15) is 0 Å². The first-order valence-corrected chi connectivity index (χ1v) is 5.62. The molecule has 1 fully saturated rings. The molecule has 14 heavy (non-hydrogen) atoms. The molecule has 1 aliphatic rings. The Hall–Kier alpha value is -0.570. The summed E-state index contributed by atoms with van der Waals surface area (Å²) < 4.78 is 5.22. The fourth-order valence-electron chi connectivity index (χ4n) is 1.91. The van der Waals surface area contributed by atoms with Crippen LogP contribution in [-0.2, 0) is 9.53 Å². The van der Waals surface area contributed by atoms with E-state index in [9.17, 15) is 4.79 Å². The number of piperidine rings is 1. The molecule has 1 saturated heterocycles. The van der Waals surface area contributed by atoms with Crippen LogP contribution in [0.3, 0.4) is 0 Å². The topological polar surface area (TPSA) is 29.5 Å².